The molecule has 0 aliphatic carbocycles. The van der Waals surface area contributed by atoms with Crippen molar-refractivity contribution in [1.82, 2.24) is 9.78 Å². The molecule has 0 fully saturated rings. The van der Waals surface area contributed by atoms with E-state index in [4.69, 9.17) is 4.74 Å². The van der Waals surface area contributed by atoms with Crippen molar-refractivity contribution >= 4 is 11.6 Å². The number of anilines is 1. The second-order valence-corrected chi connectivity index (χ2v) is 6.39. The molecule has 0 unspecified atom stereocenters. The van der Waals surface area contributed by atoms with Gasteiger partial charge >= 0.3 is 0 Å². The number of carbonyl (C=O) groups excluding carboxylic acids is 1. The van der Waals surface area contributed by atoms with Gasteiger partial charge in [0.15, 0.2) is 0 Å². The largest absolute Gasteiger partial charge is 0.495 e. The zero-order valence-electron chi connectivity index (χ0n) is 15.3. The number of aryl methyl sites for hydroxylation is 1. The maximum Gasteiger partial charge on any atom is 0.277 e. The number of halogens is 1. The Balaban J connectivity index is 1.84. The van der Waals surface area contributed by atoms with E-state index in [0.717, 1.165) is 23.4 Å². The van der Waals surface area contributed by atoms with E-state index in [0.29, 0.717) is 30.1 Å². The van der Waals surface area contributed by atoms with Crippen LogP contribution in [0.1, 0.15) is 28.7 Å². The fraction of sp³-hybridized carbons (Fsp3) is 0.238. The third-order valence-electron chi connectivity index (χ3n) is 4.88. The summed E-state index contributed by atoms with van der Waals surface area (Å²) in [5, 5.41) is 4.65. The van der Waals surface area contributed by atoms with E-state index >= 15 is 0 Å². The first-order chi connectivity index (χ1) is 13.1. The molecule has 27 heavy (non-hydrogen) atoms. The van der Waals surface area contributed by atoms with Crippen molar-refractivity contribution in [2.24, 2.45) is 0 Å². The molecule has 6 heteroatoms. The van der Waals surface area contributed by atoms with Crippen molar-refractivity contribution in [1.29, 1.82) is 0 Å². The van der Waals surface area contributed by atoms with Crippen LogP contribution in [0.2, 0.25) is 0 Å². The highest BCUT2D eigenvalue weighted by atomic mass is 19.1. The average Bonchev–Trinajstić information content (AvgIpc) is 3.08. The number of para-hydroxylation sites is 2. The molecule has 138 valence electrons. The fourth-order valence-corrected chi connectivity index (χ4v) is 3.57. The SMILES string of the molecule is CCc1nn(-c2ccc(F)cc2)c2c1CCN(c1ccccc1OC)C2=O. The predicted molar refractivity (Wildman–Crippen MR) is 101 cm³/mol. The number of rotatable bonds is 4. The number of hydrogen-bond acceptors (Lipinski definition) is 3. The van der Waals surface area contributed by atoms with Crippen molar-refractivity contribution in [3.05, 3.63) is 71.3 Å². The summed E-state index contributed by atoms with van der Waals surface area (Å²) in [6, 6.07) is 13.5. The van der Waals surface area contributed by atoms with Crippen molar-refractivity contribution in [2.45, 2.75) is 19.8 Å². The minimum atomic E-state index is -0.322. The number of methoxy groups -OCH3 is 1. The van der Waals surface area contributed by atoms with E-state index in [2.05, 4.69) is 5.10 Å². The summed E-state index contributed by atoms with van der Waals surface area (Å²) >= 11 is 0. The summed E-state index contributed by atoms with van der Waals surface area (Å²) in [6.07, 6.45) is 1.45. The minimum Gasteiger partial charge on any atom is -0.495 e. The van der Waals surface area contributed by atoms with Gasteiger partial charge in [-0.05, 0) is 49.2 Å². The number of amides is 1. The monoisotopic (exact) mass is 365 g/mol. The first-order valence-electron chi connectivity index (χ1n) is 8.95. The Kier molecular flexibility index (Phi) is 4.39. The van der Waals surface area contributed by atoms with Crippen LogP contribution in [0.15, 0.2) is 48.5 Å². The average molecular weight is 365 g/mol. The van der Waals surface area contributed by atoms with E-state index in [1.165, 1.54) is 12.1 Å². The Morgan fingerprint density at radius 2 is 1.89 bits per heavy atom. The van der Waals surface area contributed by atoms with Gasteiger partial charge in [-0.15, -0.1) is 0 Å². The van der Waals surface area contributed by atoms with Gasteiger partial charge in [0.1, 0.15) is 17.3 Å². The number of carbonyl (C=O) groups is 1. The number of aromatic nitrogens is 2. The summed E-state index contributed by atoms with van der Waals surface area (Å²) in [5.41, 5.74) is 3.82. The van der Waals surface area contributed by atoms with E-state index in [-0.39, 0.29) is 11.7 Å². The lowest BCUT2D eigenvalue weighted by Crippen LogP contribution is -2.39. The zero-order valence-corrected chi connectivity index (χ0v) is 15.3. The van der Waals surface area contributed by atoms with Crippen LogP contribution >= 0.6 is 0 Å². The van der Waals surface area contributed by atoms with Crippen molar-refractivity contribution in [2.75, 3.05) is 18.6 Å². The molecule has 4 rings (SSSR count). The smallest absolute Gasteiger partial charge is 0.277 e. The second kappa shape index (κ2) is 6.87. The summed E-state index contributed by atoms with van der Waals surface area (Å²) in [6.45, 7) is 2.59. The van der Waals surface area contributed by atoms with Crippen molar-refractivity contribution < 1.29 is 13.9 Å². The lowest BCUT2D eigenvalue weighted by molar-refractivity contribution is 0.0972. The van der Waals surface area contributed by atoms with Crippen molar-refractivity contribution in [3.63, 3.8) is 0 Å². The maximum absolute atomic E-state index is 13.4. The van der Waals surface area contributed by atoms with Gasteiger partial charge in [0.05, 0.1) is 24.2 Å². The summed E-state index contributed by atoms with van der Waals surface area (Å²) in [5.74, 6) is 0.201. The molecule has 0 saturated carbocycles. The number of hydrogen-bond donors (Lipinski definition) is 0. The molecule has 5 nitrogen and oxygen atoms in total. The molecule has 0 spiro atoms. The van der Waals surface area contributed by atoms with Gasteiger partial charge in [-0.2, -0.15) is 5.10 Å². The van der Waals surface area contributed by atoms with E-state index < -0.39 is 0 Å². The molecule has 0 N–H and O–H groups in total. The highest BCUT2D eigenvalue weighted by Crippen LogP contribution is 2.33. The molecule has 1 aromatic heterocycles. The van der Waals surface area contributed by atoms with Crippen LogP contribution in [0.5, 0.6) is 5.75 Å². The molecule has 0 atom stereocenters. The zero-order chi connectivity index (χ0) is 19.0. The third-order valence-corrected chi connectivity index (χ3v) is 4.88. The predicted octanol–water partition coefficient (Wildman–Crippen LogP) is 3.79. The molecule has 3 aromatic rings. The van der Waals surface area contributed by atoms with Crippen LogP contribution in [0, 0.1) is 5.82 Å². The molecular weight excluding hydrogens is 345 g/mol. The normalized spacial score (nSPS) is 13.6. The van der Waals surface area contributed by atoms with Crippen LogP contribution < -0.4 is 9.64 Å². The van der Waals surface area contributed by atoms with Crippen LogP contribution in [0.3, 0.4) is 0 Å². The summed E-state index contributed by atoms with van der Waals surface area (Å²) in [4.78, 5) is 15.1. The minimum absolute atomic E-state index is 0.128. The van der Waals surface area contributed by atoms with E-state index in [1.54, 1.807) is 28.8 Å². The molecule has 2 heterocycles. The fourth-order valence-electron chi connectivity index (χ4n) is 3.57. The van der Waals surface area contributed by atoms with Gasteiger partial charge in [-0.1, -0.05) is 19.1 Å². The molecule has 1 aliphatic rings. The lowest BCUT2D eigenvalue weighted by Gasteiger charge is -2.29. The van der Waals surface area contributed by atoms with Crippen molar-refractivity contribution in [3.8, 4) is 11.4 Å². The van der Waals surface area contributed by atoms with Crippen LogP contribution in [0.4, 0.5) is 10.1 Å². The van der Waals surface area contributed by atoms with Gasteiger partial charge < -0.3 is 9.64 Å². The van der Waals surface area contributed by atoms with Crippen LogP contribution in [-0.2, 0) is 12.8 Å². The van der Waals surface area contributed by atoms with E-state index in [1.807, 2.05) is 31.2 Å². The number of benzene rings is 2. The van der Waals surface area contributed by atoms with Gasteiger partial charge in [0.2, 0.25) is 0 Å². The Morgan fingerprint density at radius 1 is 1.15 bits per heavy atom. The maximum atomic E-state index is 13.4. The lowest BCUT2D eigenvalue weighted by atomic mass is 10.0. The van der Waals surface area contributed by atoms with Crippen LogP contribution in [0.25, 0.3) is 5.69 Å². The second-order valence-electron chi connectivity index (χ2n) is 6.39. The highest BCUT2D eigenvalue weighted by Gasteiger charge is 2.33. The Hall–Kier alpha value is -3.15. The van der Waals surface area contributed by atoms with E-state index in [9.17, 15) is 9.18 Å². The third kappa shape index (κ3) is 2.87. The quantitative estimate of drug-likeness (QED) is 0.707. The Labute approximate surface area is 157 Å². The molecule has 0 saturated heterocycles. The molecular formula is C21H20FN3O2. The van der Waals surface area contributed by atoms with Gasteiger partial charge in [-0.3, -0.25) is 4.79 Å². The standard InChI is InChI=1S/C21H20FN3O2/c1-3-17-16-12-13-24(18-6-4-5-7-19(18)27-2)21(26)20(16)25(23-17)15-10-8-14(22)9-11-15/h4-11H,3,12-13H2,1-2H3. The topological polar surface area (TPSA) is 47.4 Å². The Bertz CT molecular complexity index is 995. The van der Waals surface area contributed by atoms with Gasteiger partial charge in [-0.25, -0.2) is 9.07 Å². The molecule has 0 bridgehead atoms. The number of fused-ring (bicyclic) bond motifs is 1. The molecule has 1 amide bonds. The van der Waals surface area contributed by atoms with Crippen LogP contribution in [-0.4, -0.2) is 29.3 Å². The number of nitrogens with zero attached hydrogens (tertiary/aromatic N) is 3. The molecule has 0 radical (unpaired) electrons. The van der Waals surface area contributed by atoms with Gasteiger partial charge in [0.25, 0.3) is 5.91 Å². The molecule has 2 aromatic carbocycles. The molecule has 1 aliphatic heterocycles. The first kappa shape index (κ1) is 17.3. The number of ether oxygens (including phenoxy) is 1. The van der Waals surface area contributed by atoms with Gasteiger partial charge in [0, 0.05) is 12.1 Å². The highest BCUT2D eigenvalue weighted by molar-refractivity contribution is 6.08. The summed E-state index contributed by atoms with van der Waals surface area (Å²) < 4.78 is 20.4. The summed E-state index contributed by atoms with van der Waals surface area (Å²) in [7, 11) is 1.59. The first-order valence-corrected chi connectivity index (χ1v) is 8.95. The Morgan fingerprint density at radius 3 is 2.59 bits per heavy atom.